The van der Waals surface area contributed by atoms with Gasteiger partial charge >= 0.3 is 0 Å². The molecule has 0 aliphatic carbocycles. The molecule has 1 rings (SSSR count). The van der Waals surface area contributed by atoms with E-state index in [2.05, 4.69) is 6.92 Å². The van der Waals surface area contributed by atoms with Gasteiger partial charge in [-0.15, -0.1) is 0 Å². The Kier molecular flexibility index (Phi) is 3.77. The molecule has 0 aliphatic rings. The summed E-state index contributed by atoms with van der Waals surface area (Å²) in [5.41, 5.74) is 1.15. The summed E-state index contributed by atoms with van der Waals surface area (Å²) in [5, 5.41) is 0. The molecule has 0 saturated carbocycles. The van der Waals surface area contributed by atoms with Crippen LogP contribution in [0, 0.1) is 0 Å². The fourth-order valence-corrected chi connectivity index (χ4v) is 1.24. The van der Waals surface area contributed by atoms with Crippen LogP contribution in [-0.2, 0) is 4.84 Å². The first-order chi connectivity index (χ1) is 5.88. The van der Waals surface area contributed by atoms with Gasteiger partial charge in [0.2, 0.25) is 0 Å². The second-order valence-corrected chi connectivity index (χ2v) is 2.82. The van der Waals surface area contributed by atoms with E-state index in [1.165, 1.54) is 0 Å². The van der Waals surface area contributed by atoms with Gasteiger partial charge in [0.15, 0.2) is 0 Å². The summed E-state index contributed by atoms with van der Waals surface area (Å²) in [6.07, 6.45) is 2.10. The number of benzene rings is 1. The molecule has 0 bridgehead atoms. The zero-order chi connectivity index (χ0) is 8.81. The van der Waals surface area contributed by atoms with E-state index >= 15 is 0 Å². The summed E-state index contributed by atoms with van der Waals surface area (Å²) in [4.78, 5) is 4.88. The minimum atomic E-state index is 0.0520. The summed E-state index contributed by atoms with van der Waals surface area (Å²) >= 11 is 0. The molecule has 2 N–H and O–H groups in total. The Bertz CT molecular complexity index is 210. The molecule has 2 nitrogen and oxygen atoms in total. The van der Waals surface area contributed by atoms with Gasteiger partial charge in [-0.05, 0) is 12.0 Å². The van der Waals surface area contributed by atoms with Crippen molar-refractivity contribution in [1.82, 2.24) is 0 Å². The second kappa shape index (κ2) is 4.91. The number of hydrogen-bond acceptors (Lipinski definition) is 2. The lowest BCUT2D eigenvalue weighted by Crippen LogP contribution is -2.08. The first kappa shape index (κ1) is 9.23. The zero-order valence-electron chi connectivity index (χ0n) is 7.36. The van der Waals surface area contributed by atoms with Crippen LogP contribution in [0.25, 0.3) is 0 Å². The van der Waals surface area contributed by atoms with Gasteiger partial charge in [-0.3, -0.25) is 4.84 Å². The topological polar surface area (TPSA) is 35.2 Å². The summed E-state index contributed by atoms with van der Waals surface area (Å²) in [6, 6.07) is 10.1. The monoisotopic (exact) mass is 165 g/mol. The van der Waals surface area contributed by atoms with Crippen LogP contribution in [0.15, 0.2) is 30.3 Å². The maximum Gasteiger partial charge on any atom is 0.104 e. The SMILES string of the molecule is CCC[C@H](ON)c1ccccc1. The van der Waals surface area contributed by atoms with E-state index in [0.717, 1.165) is 18.4 Å². The molecule has 0 amide bonds. The second-order valence-electron chi connectivity index (χ2n) is 2.82. The largest absolute Gasteiger partial charge is 0.297 e. The highest BCUT2D eigenvalue weighted by atomic mass is 16.6. The van der Waals surface area contributed by atoms with Crippen molar-refractivity contribution in [3.63, 3.8) is 0 Å². The normalized spacial score (nSPS) is 12.8. The molecular weight excluding hydrogens is 150 g/mol. The fraction of sp³-hybridized carbons (Fsp3) is 0.400. The zero-order valence-corrected chi connectivity index (χ0v) is 7.36. The van der Waals surface area contributed by atoms with Gasteiger partial charge < -0.3 is 0 Å². The maximum absolute atomic E-state index is 5.19. The summed E-state index contributed by atoms with van der Waals surface area (Å²) in [6.45, 7) is 2.12. The van der Waals surface area contributed by atoms with Gasteiger partial charge in [-0.2, -0.15) is 0 Å². The Labute approximate surface area is 73.3 Å². The first-order valence-electron chi connectivity index (χ1n) is 4.29. The van der Waals surface area contributed by atoms with Crippen LogP contribution in [0.4, 0.5) is 0 Å². The van der Waals surface area contributed by atoms with Crippen LogP contribution < -0.4 is 5.90 Å². The molecule has 1 aromatic carbocycles. The third-order valence-corrected chi connectivity index (χ3v) is 1.89. The summed E-state index contributed by atoms with van der Waals surface area (Å²) < 4.78 is 0. The van der Waals surface area contributed by atoms with Crippen LogP contribution in [0.2, 0.25) is 0 Å². The minimum Gasteiger partial charge on any atom is -0.297 e. The van der Waals surface area contributed by atoms with E-state index in [9.17, 15) is 0 Å². The van der Waals surface area contributed by atoms with Crippen molar-refractivity contribution in [2.24, 2.45) is 5.90 Å². The predicted octanol–water partition coefficient (Wildman–Crippen LogP) is 2.42. The van der Waals surface area contributed by atoms with Crippen molar-refractivity contribution in [3.05, 3.63) is 35.9 Å². The molecule has 0 aliphatic heterocycles. The van der Waals surface area contributed by atoms with Crippen LogP contribution >= 0.6 is 0 Å². The van der Waals surface area contributed by atoms with Crippen LogP contribution in [0.3, 0.4) is 0 Å². The highest BCUT2D eigenvalue weighted by Crippen LogP contribution is 2.19. The lowest BCUT2D eigenvalue weighted by Gasteiger charge is -2.12. The Morgan fingerprint density at radius 1 is 1.33 bits per heavy atom. The quantitative estimate of drug-likeness (QED) is 0.695. The molecule has 66 valence electrons. The van der Waals surface area contributed by atoms with Crippen molar-refractivity contribution >= 4 is 0 Å². The van der Waals surface area contributed by atoms with Gasteiger partial charge in [0.1, 0.15) is 6.10 Å². The summed E-state index contributed by atoms with van der Waals surface area (Å²) in [5.74, 6) is 5.19. The van der Waals surface area contributed by atoms with Crippen LogP contribution in [0.1, 0.15) is 31.4 Å². The highest BCUT2D eigenvalue weighted by Gasteiger charge is 2.07. The number of nitrogens with two attached hydrogens (primary N) is 1. The van der Waals surface area contributed by atoms with Crippen LogP contribution in [-0.4, -0.2) is 0 Å². The minimum absolute atomic E-state index is 0.0520. The third kappa shape index (κ3) is 2.32. The molecule has 0 heterocycles. The van der Waals surface area contributed by atoms with Gasteiger partial charge in [0.05, 0.1) is 0 Å². The predicted molar refractivity (Wildman–Crippen MR) is 49.4 cm³/mol. The molecule has 2 heteroatoms. The van der Waals surface area contributed by atoms with Gasteiger partial charge in [0, 0.05) is 0 Å². The standard InChI is InChI=1S/C10H15NO/c1-2-6-10(12-11)9-7-4-3-5-8-9/h3-5,7-8,10H,2,6,11H2,1H3/t10-/m0/s1. The maximum atomic E-state index is 5.19. The molecule has 0 fully saturated rings. The smallest absolute Gasteiger partial charge is 0.104 e. The van der Waals surface area contributed by atoms with E-state index in [-0.39, 0.29) is 6.10 Å². The van der Waals surface area contributed by atoms with Crippen molar-refractivity contribution in [2.45, 2.75) is 25.9 Å². The van der Waals surface area contributed by atoms with Crippen molar-refractivity contribution in [3.8, 4) is 0 Å². The van der Waals surface area contributed by atoms with E-state index in [0.29, 0.717) is 0 Å². The molecule has 0 unspecified atom stereocenters. The van der Waals surface area contributed by atoms with E-state index < -0.39 is 0 Å². The van der Waals surface area contributed by atoms with E-state index in [1.54, 1.807) is 0 Å². The Balaban J connectivity index is 2.66. The van der Waals surface area contributed by atoms with Crippen molar-refractivity contribution in [1.29, 1.82) is 0 Å². The molecule has 0 saturated heterocycles. The molecule has 0 radical (unpaired) electrons. The Hall–Kier alpha value is -0.860. The molecule has 0 aromatic heterocycles. The average Bonchev–Trinajstić information content (AvgIpc) is 2.15. The summed E-state index contributed by atoms with van der Waals surface area (Å²) in [7, 11) is 0. The lowest BCUT2D eigenvalue weighted by atomic mass is 10.1. The van der Waals surface area contributed by atoms with E-state index in [4.69, 9.17) is 10.7 Å². The Morgan fingerprint density at radius 3 is 2.50 bits per heavy atom. The van der Waals surface area contributed by atoms with Gasteiger partial charge in [-0.1, -0.05) is 43.7 Å². The molecule has 12 heavy (non-hydrogen) atoms. The Morgan fingerprint density at radius 2 is 2.00 bits per heavy atom. The molecular formula is C10H15NO. The third-order valence-electron chi connectivity index (χ3n) is 1.89. The van der Waals surface area contributed by atoms with E-state index in [1.807, 2.05) is 30.3 Å². The van der Waals surface area contributed by atoms with Gasteiger partial charge in [-0.25, -0.2) is 5.90 Å². The molecule has 1 atom stereocenters. The van der Waals surface area contributed by atoms with Crippen molar-refractivity contribution < 1.29 is 4.84 Å². The molecule has 1 aromatic rings. The average molecular weight is 165 g/mol. The fourth-order valence-electron chi connectivity index (χ4n) is 1.24. The van der Waals surface area contributed by atoms with Gasteiger partial charge in [0.25, 0.3) is 0 Å². The lowest BCUT2D eigenvalue weighted by molar-refractivity contribution is 0.0460. The number of hydrogen-bond donors (Lipinski definition) is 1. The highest BCUT2D eigenvalue weighted by molar-refractivity contribution is 5.17. The van der Waals surface area contributed by atoms with Crippen LogP contribution in [0.5, 0.6) is 0 Å². The first-order valence-corrected chi connectivity index (χ1v) is 4.29. The molecule has 0 spiro atoms. The van der Waals surface area contributed by atoms with Crippen molar-refractivity contribution in [2.75, 3.05) is 0 Å². The number of rotatable bonds is 4.